The number of hydrogen-bond donors (Lipinski definition) is 0. The minimum Gasteiger partial charge on any atom is -0.308 e. The number of rotatable bonds is 9. The number of benzene rings is 2. The summed E-state index contributed by atoms with van der Waals surface area (Å²) in [5.74, 6) is 0.497. The summed E-state index contributed by atoms with van der Waals surface area (Å²) < 4.78 is 13.5. The normalized spacial score (nSPS) is 11.7. The largest absolute Gasteiger partial charge is 0.308 e. The molecule has 0 atom stereocenters. The minimum atomic E-state index is -0.163. The molecule has 0 aromatic heterocycles. The van der Waals surface area contributed by atoms with E-state index in [9.17, 15) is 4.39 Å². The van der Waals surface area contributed by atoms with Crippen LogP contribution < -0.4 is 0 Å². The van der Waals surface area contributed by atoms with E-state index in [0.717, 1.165) is 38.2 Å². The van der Waals surface area contributed by atoms with E-state index < -0.39 is 0 Å². The SMILES string of the molecule is CC(C)Cc1cccc(CN(CCN(C)C)Cc2cccc(F)c2)c1. The lowest BCUT2D eigenvalue weighted by Crippen LogP contribution is -2.31. The number of halogens is 1. The molecule has 2 aromatic rings. The van der Waals surface area contributed by atoms with Crippen LogP contribution in [0.25, 0.3) is 0 Å². The molecular weight excluding hydrogens is 311 g/mol. The van der Waals surface area contributed by atoms with Crippen LogP contribution in [-0.2, 0) is 19.5 Å². The van der Waals surface area contributed by atoms with Gasteiger partial charge in [0.05, 0.1) is 0 Å². The molecule has 136 valence electrons. The summed E-state index contributed by atoms with van der Waals surface area (Å²) in [4.78, 5) is 4.58. The second kappa shape index (κ2) is 9.69. The van der Waals surface area contributed by atoms with E-state index in [4.69, 9.17) is 0 Å². The first kappa shape index (κ1) is 19.6. The molecule has 0 unspecified atom stereocenters. The van der Waals surface area contributed by atoms with E-state index >= 15 is 0 Å². The van der Waals surface area contributed by atoms with Crippen molar-refractivity contribution in [1.82, 2.24) is 9.80 Å². The monoisotopic (exact) mass is 342 g/mol. The third kappa shape index (κ3) is 7.37. The predicted molar refractivity (Wildman–Crippen MR) is 104 cm³/mol. The summed E-state index contributed by atoms with van der Waals surface area (Å²) in [6.45, 7) is 8.09. The zero-order valence-corrected chi connectivity index (χ0v) is 16.0. The molecule has 0 N–H and O–H groups in total. The van der Waals surface area contributed by atoms with Crippen molar-refractivity contribution in [3.05, 3.63) is 71.0 Å². The summed E-state index contributed by atoms with van der Waals surface area (Å²) in [5, 5.41) is 0. The van der Waals surface area contributed by atoms with Crippen molar-refractivity contribution in [3.8, 4) is 0 Å². The van der Waals surface area contributed by atoms with Crippen molar-refractivity contribution in [1.29, 1.82) is 0 Å². The Morgan fingerprint density at radius 2 is 1.44 bits per heavy atom. The van der Waals surface area contributed by atoms with Gasteiger partial charge >= 0.3 is 0 Å². The lowest BCUT2D eigenvalue weighted by molar-refractivity contribution is 0.226. The Bertz CT molecular complexity index is 652. The molecule has 0 saturated heterocycles. The van der Waals surface area contributed by atoms with Gasteiger partial charge in [0.2, 0.25) is 0 Å². The number of likely N-dealkylation sites (N-methyl/N-ethyl adjacent to an activating group) is 1. The summed E-state index contributed by atoms with van der Waals surface area (Å²) in [6.07, 6.45) is 1.11. The molecule has 0 spiro atoms. The van der Waals surface area contributed by atoms with E-state index in [0.29, 0.717) is 5.92 Å². The average molecular weight is 343 g/mol. The lowest BCUT2D eigenvalue weighted by atomic mass is 10.0. The molecule has 0 amide bonds. The van der Waals surface area contributed by atoms with Crippen LogP contribution in [-0.4, -0.2) is 37.0 Å². The second-order valence-electron chi connectivity index (χ2n) is 7.56. The molecular formula is C22H31FN2. The van der Waals surface area contributed by atoms with Crippen molar-refractivity contribution in [2.75, 3.05) is 27.2 Å². The molecule has 0 bridgehead atoms. The lowest BCUT2D eigenvalue weighted by Gasteiger charge is -2.24. The van der Waals surface area contributed by atoms with E-state index in [1.807, 2.05) is 6.07 Å². The quantitative estimate of drug-likeness (QED) is 0.658. The van der Waals surface area contributed by atoms with Crippen LogP contribution in [0, 0.1) is 11.7 Å². The zero-order valence-electron chi connectivity index (χ0n) is 16.0. The molecule has 0 aliphatic heterocycles. The van der Waals surface area contributed by atoms with Crippen molar-refractivity contribution in [2.24, 2.45) is 5.92 Å². The van der Waals surface area contributed by atoms with Gasteiger partial charge in [-0.05, 0) is 55.3 Å². The first-order chi connectivity index (χ1) is 11.9. The first-order valence-corrected chi connectivity index (χ1v) is 9.11. The molecule has 2 rings (SSSR count). The summed E-state index contributed by atoms with van der Waals surface area (Å²) in [7, 11) is 4.17. The summed E-state index contributed by atoms with van der Waals surface area (Å²) in [5.41, 5.74) is 3.75. The molecule has 0 aliphatic rings. The predicted octanol–water partition coefficient (Wildman–Crippen LogP) is 4.59. The van der Waals surface area contributed by atoms with E-state index in [1.54, 1.807) is 12.1 Å². The molecule has 2 nitrogen and oxygen atoms in total. The van der Waals surface area contributed by atoms with Crippen LogP contribution >= 0.6 is 0 Å². The van der Waals surface area contributed by atoms with Crippen LogP contribution in [0.5, 0.6) is 0 Å². The maximum absolute atomic E-state index is 13.5. The fourth-order valence-corrected chi connectivity index (χ4v) is 3.03. The van der Waals surface area contributed by atoms with E-state index in [2.05, 4.69) is 62.0 Å². The topological polar surface area (TPSA) is 6.48 Å². The van der Waals surface area contributed by atoms with Crippen LogP contribution in [0.15, 0.2) is 48.5 Å². The highest BCUT2D eigenvalue weighted by molar-refractivity contribution is 5.24. The van der Waals surface area contributed by atoms with Gasteiger partial charge in [-0.25, -0.2) is 4.39 Å². The Morgan fingerprint density at radius 1 is 0.840 bits per heavy atom. The Labute approximate surface area is 152 Å². The van der Waals surface area contributed by atoms with Gasteiger partial charge < -0.3 is 4.90 Å². The van der Waals surface area contributed by atoms with Gasteiger partial charge in [0.25, 0.3) is 0 Å². The minimum absolute atomic E-state index is 0.163. The Balaban J connectivity index is 2.09. The molecule has 0 radical (unpaired) electrons. The Hall–Kier alpha value is -1.71. The zero-order chi connectivity index (χ0) is 18.2. The van der Waals surface area contributed by atoms with Gasteiger partial charge in [0.1, 0.15) is 5.82 Å². The maximum Gasteiger partial charge on any atom is 0.123 e. The van der Waals surface area contributed by atoms with Crippen LogP contribution in [0.3, 0.4) is 0 Å². The fourth-order valence-electron chi connectivity index (χ4n) is 3.03. The molecule has 0 heterocycles. The van der Waals surface area contributed by atoms with Gasteiger partial charge in [-0.1, -0.05) is 50.2 Å². The standard InChI is InChI=1S/C22H31FN2/c1-18(2)13-19-7-5-8-20(14-19)16-25(12-11-24(3)4)17-21-9-6-10-22(23)15-21/h5-10,14-15,18H,11-13,16-17H2,1-4H3. The van der Waals surface area contributed by atoms with Crippen LogP contribution in [0.1, 0.15) is 30.5 Å². The fraction of sp³-hybridized carbons (Fsp3) is 0.455. The third-order valence-electron chi connectivity index (χ3n) is 4.20. The van der Waals surface area contributed by atoms with Gasteiger partial charge in [0, 0.05) is 26.2 Å². The summed E-state index contributed by atoms with van der Waals surface area (Å²) >= 11 is 0. The van der Waals surface area contributed by atoms with E-state index in [1.165, 1.54) is 17.2 Å². The Kier molecular flexibility index (Phi) is 7.60. The molecule has 0 fully saturated rings. The van der Waals surface area contributed by atoms with Crippen molar-refractivity contribution in [2.45, 2.75) is 33.4 Å². The van der Waals surface area contributed by atoms with Crippen LogP contribution in [0.2, 0.25) is 0 Å². The van der Waals surface area contributed by atoms with Gasteiger partial charge in [0.15, 0.2) is 0 Å². The average Bonchev–Trinajstić information content (AvgIpc) is 2.52. The smallest absolute Gasteiger partial charge is 0.123 e. The molecule has 3 heteroatoms. The summed E-state index contributed by atoms with van der Waals surface area (Å²) in [6, 6.07) is 15.8. The first-order valence-electron chi connectivity index (χ1n) is 9.11. The third-order valence-corrected chi connectivity index (χ3v) is 4.20. The maximum atomic E-state index is 13.5. The second-order valence-corrected chi connectivity index (χ2v) is 7.56. The molecule has 25 heavy (non-hydrogen) atoms. The molecule has 0 saturated carbocycles. The van der Waals surface area contributed by atoms with Crippen molar-refractivity contribution < 1.29 is 4.39 Å². The van der Waals surface area contributed by atoms with Gasteiger partial charge in [-0.3, -0.25) is 4.90 Å². The van der Waals surface area contributed by atoms with Gasteiger partial charge in [-0.15, -0.1) is 0 Å². The van der Waals surface area contributed by atoms with Crippen molar-refractivity contribution in [3.63, 3.8) is 0 Å². The van der Waals surface area contributed by atoms with E-state index in [-0.39, 0.29) is 5.82 Å². The number of hydrogen-bond acceptors (Lipinski definition) is 2. The Morgan fingerprint density at radius 3 is 2.04 bits per heavy atom. The highest BCUT2D eigenvalue weighted by atomic mass is 19.1. The van der Waals surface area contributed by atoms with Crippen LogP contribution in [0.4, 0.5) is 4.39 Å². The highest BCUT2D eigenvalue weighted by Gasteiger charge is 2.09. The van der Waals surface area contributed by atoms with Gasteiger partial charge in [-0.2, -0.15) is 0 Å². The molecule has 2 aromatic carbocycles. The molecule has 0 aliphatic carbocycles. The number of nitrogens with zero attached hydrogens (tertiary/aromatic N) is 2. The highest BCUT2D eigenvalue weighted by Crippen LogP contribution is 2.15. The van der Waals surface area contributed by atoms with Crippen molar-refractivity contribution >= 4 is 0 Å².